The van der Waals surface area contributed by atoms with Gasteiger partial charge in [-0.15, -0.1) is 0 Å². The molecule has 0 unspecified atom stereocenters. The van der Waals surface area contributed by atoms with Gasteiger partial charge in [-0.3, -0.25) is 4.79 Å². The second-order valence-corrected chi connectivity index (χ2v) is 5.84. The van der Waals surface area contributed by atoms with Crippen LogP contribution in [0.2, 0.25) is 0 Å². The molecule has 0 amide bonds. The maximum absolute atomic E-state index is 13.6. The average Bonchev–Trinajstić information content (AvgIpc) is 2.60. The Morgan fingerprint density at radius 3 is 2.38 bits per heavy atom. The predicted octanol–water partition coefficient (Wildman–Crippen LogP) is 5.34. The van der Waals surface area contributed by atoms with Crippen molar-refractivity contribution in [3.8, 4) is 16.9 Å². The summed E-state index contributed by atoms with van der Waals surface area (Å²) in [6.07, 6.45) is -4.87. The zero-order chi connectivity index (χ0) is 18.5. The molecule has 0 fully saturated rings. The lowest BCUT2D eigenvalue weighted by Crippen LogP contribution is -2.16. The highest BCUT2D eigenvalue weighted by Crippen LogP contribution is 2.39. The van der Waals surface area contributed by atoms with Crippen molar-refractivity contribution >= 4 is 21.7 Å². The third-order valence-corrected chi connectivity index (χ3v) is 4.19. The average molecular weight is 356 g/mol. The van der Waals surface area contributed by atoms with Gasteiger partial charge in [0.05, 0.1) is 10.9 Å². The molecule has 0 radical (unpaired) electrons. The van der Waals surface area contributed by atoms with Gasteiger partial charge in [-0.25, -0.2) is 0 Å². The van der Waals surface area contributed by atoms with Gasteiger partial charge in [-0.1, -0.05) is 42.5 Å². The van der Waals surface area contributed by atoms with Crippen molar-refractivity contribution in [2.45, 2.75) is 6.18 Å². The smallest absolute Gasteiger partial charge is 0.450 e. The zero-order valence-corrected chi connectivity index (χ0v) is 13.2. The third kappa shape index (κ3) is 2.50. The molecule has 0 aliphatic carbocycles. The van der Waals surface area contributed by atoms with E-state index in [0.717, 1.165) is 6.07 Å². The number of aromatic hydroxyl groups is 1. The van der Waals surface area contributed by atoms with E-state index in [2.05, 4.69) is 0 Å². The van der Waals surface area contributed by atoms with E-state index in [9.17, 15) is 23.1 Å². The Bertz CT molecular complexity index is 1200. The molecule has 130 valence electrons. The molecule has 26 heavy (non-hydrogen) atoms. The molecule has 3 aromatic carbocycles. The van der Waals surface area contributed by atoms with Gasteiger partial charge in [0.15, 0.2) is 0 Å². The normalized spacial score (nSPS) is 12.0. The molecule has 6 heteroatoms. The number of hydrogen-bond donors (Lipinski definition) is 1. The number of benzene rings is 3. The quantitative estimate of drug-likeness (QED) is 0.501. The van der Waals surface area contributed by atoms with Crippen molar-refractivity contribution in [1.82, 2.24) is 0 Å². The number of phenolic OH excluding ortho intramolecular Hbond substituents is 1. The second kappa shape index (κ2) is 5.62. The van der Waals surface area contributed by atoms with E-state index in [1.165, 1.54) is 18.2 Å². The lowest BCUT2D eigenvalue weighted by atomic mass is 9.96. The summed E-state index contributed by atoms with van der Waals surface area (Å²) in [5, 5.41) is 10.7. The van der Waals surface area contributed by atoms with Crippen LogP contribution in [0, 0.1) is 0 Å². The van der Waals surface area contributed by atoms with E-state index in [-0.39, 0.29) is 22.3 Å². The van der Waals surface area contributed by atoms with Gasteiger partial charge in [-0.2, -0.15) is 13.2 Å². The number of halogens is 3. The van der Waals surface area contributed by atoms with Crippen molar-refractivity contribution in [3.63, 3.8) is 0 Å². The highest BCUT2D eigenvalue weighted by atomic mass is 19.4. The molecule has 4 rings (SSSR count). The van der Waals surface area contributed by atoms with Crippen LogP contribution in [0.3, 0.4) is 0 Å². The molecule has 0 saturated carbocycles. The molecular formula is C20H11F3O3. The molecule has 0 aliphatic rings. The van der Waals surface area contributed by atoms with Crippen LogP contribution in [0.1, 0.15) is 5.76 Å². The van der Waals surface area contributed by atoms with Crippen molar-refractivity contribution in [3.05, 3.63) is 76.6 Å². The number of hydrogen-bond acceptors (Lipinski definition) is 3. The Morgan fingerprint density at radius 2 is 1.62 bits per heavy atom. The second-order valence-electron chi connectivity index (χ2n) is 5.84. The summed E-state index contributed by atoms with van der Waals surface area (Å²) in [4.78, 5) is 12.9. The number of rotatable bonds is 1. The fourth-order valence-corrected chi connectivity index (χ4v) is 3.07. The van der Waals surface area contributed by atoms with Gasteiger partial charge in [0.25, 0.3) is 0 Å². The summed E-state index contributed by atoms with van der Waals surface area (Å²) < 4.78 is 46.0. The van der Waals surface area contributed by atoms with Crippen LogP contribution >= 0.6 is 0 Å². The van der Waals surface area contributed by atoms with Gasteiger partial charge >= 0.3 is 6.18 Å². The van der Waals surface area contributed by atoms with E-state index in [1.54, 1.807) is 36.4 Å². The van der Waals surface area contributed by atoms with Gasteiger partial charge in [-0.05, 0) is 28.5 Å². The largest absolute Gasteiger partial charge is 0.508 e. The Kier molecular flexibility index (Phi) is 3.50. The zero-order valence-electron chi connectivity index (χ0n) is 13.2. The number of fused-ring (bicyclic) bond motifs is 2. The molecule has 3 nitrogen and oxygen atoms in total. The van der Waals surface area contributed by atoms with Crippen LogP contribution in [0.4, 0.5) is 13.2 Å². The Hall–Kier alpha value is -3.28. The van der Waals surface area contributed by atoms with E-state index < -0.39 is 22.9 Å². The van der Waals surface area contributed by atoms with Crippen LogP contribution in [-0.4, -0.2) is 5.11 Å². The highest BCUT2D eigenvalue weighted by molar-refractivity contribution is 5.98. The minimum absolute atomic E-state index is 0.0289. The molecule has 1 aromatic heterocycles. The minimum atomic E-state index is -4.87. The first-order chi connectivity index (χ1) is 12.4. The molecule has 1 N–H and O–H groups in total. The highest BCUT2D eigenvalue weighted by Gasteiger charge is 2.39. The number of phenols is 1. The van der Waals surface area contributed by atoms with E-state index in [4.69, 9.17) is 4.42 Å². The Balaban J connectivity index is 2.19. The Morgan fingerprint density at radius 1 is 0.885 bits per heavy atom. The monoisotopic (exact) mass is 356 g/mol. The minimum Gasteiger partial charge on any atom is -0.508 e. The van der Waals surface area contributed by atoms with Crippen molar-refractivity contribution in [2.24, 2.45) is 0 Å². The van der Waals surface area contributed by atoms with Gasteiger partial charge in [0.2, 0.25) is 11.2 Å². The molecule has 0 aliphatic heterocycles. The maximum Gasteiger partial charge on any atom is 0.450 e. The summed E-state index contributed by atoms with van der Waals surface area (Å²) in [5.41, 5.74) is -1.49. The van der Waals surface area contributed by atoms with Crippen molar-refractivity contribution < 1.29 is 22.7 Å². The van der Waals surface area contributed by atoms with Gasteiger partial charge < -0.3 is 9.52 Å². The van der Waals surface area contributed by atoms with Crippen LogP contribution in [0.5, 0.6) is 5.75 Å². The van der Waals surface area contributed by atoms with E-state index in [0.29, 0.717) is 10.8 Å². The van der Waals surface area contributed by atoms with E-state index in [1.807, 2.05) is 0 Å². The maximum atomic E-state index is 13.6. The first kappa shape index (κ1) is 16.2. The predicted molar refractivity (Wildman–Crippen MR) is 92.1 cm³/mol. The lowest BCUT2D eigenvalue weighted by molar-refractivity contribution is -0.152. The van der Waals surface area contributed by atoms with Crippen LogP contribution in [0.15, 0.2) is 69.9 Å². The molecule has 0 spiro atoms. The Labute approximate surface area is 144 Å². The summed E-state index contributed by atoms with van der Waals surface area (Å²) in [6, 6.07) is 15.2. The topological polar surface area (TPSA) is 50.4 Å². The molecule has 0 atom stereocenters. The molecule has 0 saturated heterocycles. The van der Waals surface area contributed by atoms with Crippen LogP contribution in [-0.2, 0) is 6.18 Å². The molecular weight excluding hydrogens is 345 g/mol. The van der Waals surface area contributed by atoms with Gasteiger partial charge in [0, 0.05) is 6.07 Å². The summed E-state index contributed by atoms with van der Waals surface area (Å²) in [5.74, 6) is -1.66. The summed E-state index contributed by atoms with van der Waals surface area (Å²) in [7, 11) is 0. The fraction of sp³-hybridized carbons (Fsp3) is 0.0500. The van der Waals surface area contributed by atoms with Crippen molar-refractivity contribution in [2.75, 3.05) is 0 Å². The van der Waals surface area contributed by atoms with Crippen molar-refractivity contribution in [1.29, 1.82) is 0 Å². The first-order valence-corrected chi connectivity index (χ1v) is 7.71. The van der Waals surface area contributed by atoms with Crippen LogP contribution in [0.25, 0.3) is 32.9 Å². The fourth-order valence-electron chi connectivity index (χ4n) is 3.07. The molecule has 0 bridgehead atoms. The number of alkyl halides is 3. The lowest BCUT2D eigenvalue weighted by Gasteiger charge is -2.14. The SMILES string of the molecule is O=c1c(-c2cccc3ccccc23)c(C(F)(F)F)oc2cc(O)ccc12. The van der Waals surface area contributed by atoms with Gasteiger partial charge in [0.1, 0.15) is 11.3 Å². The first-order valence-electron chi connectivity index (χ1n) is 7.71. The summed E-state index contributed by atoms with van der Waals surface area (Å²) in [6.45, 7) is 0. The van der Waals surface area contributed by atoms with E-state index >= 15 is 0 Å². The van der Waals surface area contributed by atoms with Crippen LogP contribution < -0.4 is 5.43 Å². The summed E-state index contributed by atoms with van der Waals surface area (Å²) >= 11 is 0. The molecule has 4 aromatic rings. The standard InChI is InChI=1S/C20H11F3O3/c21-20(22,23)19-17(14-7-3-5-11-4-1-2-6-13(11)14)18(25)15-9-8-12(24)10-16(15)26-19/h1-10,24H. The molecule has 1 heterocycles. The third-order valence-electron chi connectivity index (χ3n) is 4.19.